The molecule has 0 fully saturated rings. The zero-order valence-electron chi connectivity index (χ0n) is 11.9. The Labute approximate surface area is 122 Å². The number of carbonyl (C=O) groups is 2. The van der Waals surface area contributed by atoms with Gasteiger partial charge in [0.2, 0.25) is 5.91 Å². The van der Waals surface area contributed by atoms with Crippen LogP contribution < -0.4 is 16.8 Å². The highest BCUT2D eigenvalue weighted by atomic mass is 19.1. The Kier molecular flexibility index (Phi) is 5.88. The van der Waals surface area contributed by atoms with E-state index in [2.05, 4.69) is 17.2 Å². The molecule has 5 nitrogen and oxygen atoms in total. The summed E-state index contributed by atoms with van der Waals surface area (Å²) in [5.74, 6) is 3.36. The lowest BCUT2D eigenvalue weighted by molar-refractivity contribution is -0.120. The Balaban J connectivity index is 3.09. The molecule has 1 rings (SSSR count). The number of carbonyl (C=O) groups excluding carboxylic acids is 2. The van der Waals surface area contributed by atoms with Gasteiger partial charge in [-0.3, -0.25) is 9.59 Å². The van der Waals surface area contributed by atoms with Crippen LogP contribution in [0.1, 0.15) is 29.8 Å². The smallest absolute Gasteiger partial charge is 0.253 e. The SMILES string of the molecule is CC(C)C(NC(=O)c1ccc(F)cc1C#CCN)C(N)=O. The van der Waals surface area contributed by atoms with E-state index in [1.54, 1.807) is 13.8 Å². The van der Waals surface area contributed by atoms with Crippen LogP contribution in [0.25, 0.3) is 0 Å². The van der Waals surface area contributed by atoms with Gasteiger partial charge in [0.1, 0.15) is 11.9 Å². The first-order valence-electron chi connectivity index (χ1n) is 6.45. The molecule has 2 amide bonds. The number of hydrogen-bond acceptors (Lipinski definition) is 3. The number of nitrogens with two attached hydrogens (primary N) is 2. The molecule has 112 valence electrons. The second-order valence-corrected chi connectivity index (χ2v) is 4.79. The fourth-order valence-corrected chi connectivity index (χ4v) is 1.75. The molecule has 5 N–H and O–H groups in total. The molecule has 0 aliphatic rings. The van der Waals surface area contributed by atoms with E-state index in [0.717, 1.165) is 12.1 Å². The first kappa shape index (κ1) is 16.7. The Hall–Kier alpha value is -2.39. The highest BCUT2D eigenvalue weighted by Gasteiger charge is 2.23. The van der Waals surface area contributed by atoms with E-state index in [9.17, 15) is 14.0 Å². The van der Waals surface area contributed by atoms with E-state index >= 15 is 0 Å². The zero-order chi connectivity index (χ0) is 16.0. The van der Waals surface area contributed by atoms with Gasteiger partial charge in [0, 0.05) is 5.56 Å². The Morgan fingerprint density at radius 1 is 1.38 bits per heavy atom. The van der Waals surface area contributed by atoms with Crippen LogP contribution in [-0.2, 0) is 4.79 Å². The second kappa shape index (κ2) is 7.41. The van der Waals surface area contributed by atoms with Gasteiger partial charge in [-0.25, -0.2) is 4.39 Å². The monoisotopic (exact) mass is 291 g/mol. The summed E-state index contributed by atoms with van der Waals surface area (Å²) in [4.78, 5) is 23.5. The molecule has 1 aromatic rings. The Morgan fingerprint density at radius 2 is 2.05 bits per heavy atom. The van der Waals surface area contributed by atoms with Crippen LogP contribution in [0, 0.1) is 23.6 Å². The van der Waals surface area contributed by atoms with Crippen molar-refractivity contribution in [1.82, 2.24) is 5.32 Å². The third-order valence-corrected chi connectivity index (χ3v) is 2.81. The summed E-state index contributed by atoms with van der Waals surface area (Å²) < 4.78 is 13.3. The number of hydrogen-bond donors (Lipinski definition) is 3. The molecule has 1 atom stereocenters. The van der Waals surface area contributed by atoms with Crippen LogP contribution in [0.3, 0.4) is 0 Å². The van der Waals surface area contributed by atoms with Crippen molar-refractivity contribution in [3.05, 3.63) is 35.1 Å². The lowest BCUT2D eigenvalue weighted by Gasteiger charge is -2.19. The molecule has 1 aromatic carbocycles. The summed E-state index contributed by atoms with van der Waals surface area (Å²) in [6.07, 6.45) is 0. The number of primary amides is 1. The number of rotatable bonds is 4. The van der Waals surface area contributed by atoms with Crippen molar-refractivity contribution in [2.45, 2.75) is 19.9 Å². The van der Waals surface area contributed by atoms with Gasteiger partial charge in [0.25, 0.3) is 5.91 Å². The minimum atomic E-state index is -0.808. The predicted molar refractivity (Wildman–Crippen MR) is 77.6 cm³/mol. The van der Waals surface area contributed by atoms with Crippen molar-refractivity contribution < 1.29 is 14.0 Å². The van der Waals surface area contributed by atoms with E-state index in [0.29, 0.717) is 0 Å². The summed E-state index contributed by atoms with van der Waals surface area (Å²) >= 11 is 0. The normalized spacial score (nSPS) is 11.5. The molecule has 0 aliphatic carbocycles. The lowest BCUT2D eigenvalue weighted by Crippen LogP contribution is -2.47. The van der Waals surface area contributed by atoms with Crippen LogP contribution in [-0.4, -0.2) is 24.4 Å². The largest absolute Gasteiger partial charge is 0.368 e. The fourth-order valence-electron chi connectivity index (χ4n) is 1.75. The van der Waals surface area contributed by atoms with Crippen LogP contribution in [0.2, 0.25) is 0 Å². The van der Waals surface area contributed by atoms with Gasteiger partial charge in [-0.2, -0.15) is 0 Å². The maximum Gasteiger partial charge on any atom is 0.253 e. The average Bonchev–Trinajstić information content (AvgIpc) is 2.41. The molecule has 0 radical (unpaired) electrons. The summed E-state index contributed by atoms with van der Waals surface area (Å²) in [5.41, 5.74) is 10.9. The number of benzene rings is 1. The molecule has 0 aliphatic heterocycles. The lowest BCUT2D eigenvalue weighted by atomic mass is 10.0. The molecule has 1 unspecified atom stereocenters. The molecule has 21 heavy (non-hydrogen) atoms. The highest BCUT2D eigenvalue weighted by molar-refractivity contribution is 5.99. The van der Waals surface area contributed by atoms with Crippen molar-refractivity contribution in [2.24, 2.45) is 17.4 Å². The van der Waals surface area contributed by atoms with Gasteiger partial charge in [-0.05, 0) is 24.1 Å². The minimum absolute atomic E-state index is 0.0908. The summed E-state index contributed by atoms with van der Waals surface area (Å²) in [7, 11) is 0. The number of nitrogens with one attached hydrogen (secondary N) is 1. The van der Waals surface area contributed by atoms with Crippen LogP contribution in [0.15, 0.2) is 18.2 Å². The summed E-state index contributed by atoms with van der Waals surface area (Å²) in [6.45, 7) is 3.61. The van der Waals surface area contributed by atoms with Crippen molar-refractivity contribution in [2.75, 3.05) is 6.54 Å². The molecule has 0 saturated heterocycles. The first-order valence-corrected chi connectivity index (χ1v) is 6.45. The third-order valence-electron chi connectivity index (χ3n) is 2.81. The van der Waals surface area contributed by atoms with Gasteiger partial charge in [-0.1, -0.05) is 25.7 Å². The predicted octanol–water partition coefficient (Wildman–Crippen LogP) is 0.376. The number of halogens is 1. The van der Waals surface area contributed by atoms with Crippen molar-refractivity contribution in [1.29, 1.82) is 0 Å². The topological polar surface area (TPSA) is 98.2 Å². The van der Waals surface area contributed by atoms with Crippen molar-refractivity contribution in [3.63, 3.8) is 0 Å². The van der Waals surface area contributed by atoms with E-state index in [1.165, 1.54) is 6.07 Å². The highest BCUT2D eigenvalue weighted by Crippen LogP contribution is 2.12. The van der Waals surface area contributed by atoms with Gasteiger partial charge in [-0.15, -0.1) is 0 Å². The third kappa shape index (κ3) is 4.58. The molecule has 0 aromatic heterocycles. The average molecular weight is 291 g/mol. The second-order valence-electron chi connectivity index (χ2n) is 4.79. The summed E-state index contributed by atoms with van der Waals surface area (Å²) in [5, 5.41) is 2.53. The van der Waals surface area contributed by atoms with E-state index in [1.807, 2.05) is 0 Å². The standard InChI is InChI=1S/C15H18FN3O2/c1-9(2)13(14(18)20)19-15(21)12-6-5-11(16)8-10(12)4-3-7-17/h5-6,8-9,13H,7,17H2,1-2H3,(H2,18,20)(H,19,21). The zero-order valence-corrected chi connectivity index (χ0v) is 11.9. The van der Waals surface area contributed by atoms with Crippen molar-refractivity contribution >= 4 is 11.8 Å². The van der Waals surface area contributed by atoms with Gasteiger partial charge in [0.15, 0.2) is 0 Å². The van der Waals surface area contributed by atoms with Crippen LogP contribution in [0.5, 0.6) is 0 Å². The minimum Gasteiger partial charge on any atom is -0.368 e. The van der Waals surface area contributed by atoms with Crippen LogP contribution in [0.4, 0.5) is 4.39 Å². The van der Waals surface area contributed by atoms with E-state index in [4.69, 9.17) is 11.5 Å². The maximum absolute atomic E-state index is 13.3. The maximum atomic E-state index is 13.3. The fraction of sp³-hybridized carbons (Fsp3) is 0.333. The quantitative estimate of drug-likeness (QED) is 0.699. The number of amides is 2. The van der Waals surface area contributed by atoms with Crippen LogP contribution >= 0.6 is 0 Å². The molecule has 0 heterocycles. The molecule has 0 saturated carbocycles. The molecule has 0 bridgehead atoms. The Bertz CT molecular complexity index is 603. The molecule has 6 heteroatoms. The van der Waals surface area contributed by atoms with Crippen molar-refractivity contribution in [3.8, 4) is 11.8 Å². The van der Waals surface area contributed by atoms with Gasteiger partial charge < -0.3 is 16.8 Å². The summed E-state index contributed by atoms with van der Waals surface area (Å²) in [6, 6.07) is 2.80. The molecular weight excluding hydrogens is 273 g/mol. The van der Waals surface area contributed by atoms with Gasteiger partial charge >= 0.3 is 0 Å². The van der Waals surface area contributed by atoms with E-state index < -0.39 is 23.7 Å². The molecular formula is C15H18FN3O2. The molecule has 0 spiro atoms. The Morgan fingerprint density at radius 3 is 2.57 bits per heavy atom. The van der Waals surface area contributed by atoms with E-state index in [-0.39, 0.29) is 23.6 Å². The van der Waals surface area contributed by atoms with Gasteiger partial charge in [0.05, 0.1) is 12.1 Å². The first-order chi connectivity index (χ1) is 9.86.